The zero-order valence-electron chi connectivity index (χ0n) is 13.4. The predicted octanol–water partition coefficient (Wildman–Crippen LogP) is 3.03. The van der Waals surface area contributed by atoms with Gasteiger partial charge in [0.05, 0.1) is 5.56 Å². The summed E-state index contributed by atoms with van der Waals surface area (Å²) in [4.78, 5) is 34.8. The number of benzene rings is 1. The third-order valence-corrected chi connectivity index (χ3v) is 3.19. The Hall–Kier alpha value is -2.96. The first-order valence-corrected chi connectivity index (χ1v) is 7.12. The van der Waals surface area contributed by atoms with E-state index in [-0.39, 0.29) is 22.7 Å². The lowest BCUT2D eigenvalue weighted by atomic mass is 10.1. The number of Topliss-reactive ketones (excluding diaryl/α,β-unsaturated/α-hetero) is 1. The summed E-state index contributed by atoms with van der Waals surface area (Å²) in [6.45, 7) is 3.97. The van der Waals surface area contributed by atoms with Gasteiger partial charge in [0.1, 0.15) is 22.9 Å². The van der Waals surface area contributed by atoms with E-state index in [4.69, 9.17) is 9.15 Å². The molecule has 1 aromatic carbocycles. The van der Waals surface area contributed by atoms with Crippen LogP contribution in [0.5, 0.6) is 0 Å². The molecule has 0 aliphatic heterocycles. The molecule has 0 fully saturated rings. The Balaban J connectivity index is 2.03. The van der Waals surface area contributed by atoms with Crippen molar-refractivity contribution < 1.29 is 27.9 Å². The van der Waals surface area contributed by atoms with Gasteiger partial charge >= 0.3 is 5.97 Å². The SMILES string of the molecule is CC(=O)Nc1ccc(C(=O)COC(=O)c2cc(C)oc2C)c(F)c1. The number of esters is 1. The highest BCUT2D eigenvalue weighted by Crippen LogP contribution is 2.17. The molecule has 2 aromatic rings. The van der Waals surface area contributed by atoms with E-state index in [1.165, 1.54) is 25.1 Å². The van der Waals surface area contributed by atoms with Gasteiger partial charge < -0.3 is 14.5 Å². The van der Waals surface area contributed by atoms with Crippen LogP contribution in [-0.2, 0) is 9.53 Å². The number of hydrogen-bond acceptors (Lipinski definition) is 5. The minimum absolute atomic E-state index is 0.224. The maximum atomic E-state index is 13.9. The molecule has 0 aliphatic carbocycles. The molecule has 0 radical (unpaired) electrons. The minimum Gasteiger partial charge on any atom is -0.466 e. The number of ketones is 1. The Bertz CT molecular complexity index is 809. The quantitative estimate of drug-likeness (QED) is 0.671. The second-order valence-electron chi connectivity index (χ2n) is 5.20. The second-order valence-corrected chi connectivity index (χ2v) is 5.20. The van der Waals surface area contributed by atoms with Gasteiger partial charge in [0.15, 0.2) is 6.61 Å². The summed E-state index contributed by atoms with van der Waals surface area (Å²) in [5.74, 6) is -1.63. The van der Waals surface area contributed by atoms with E-state index in [0.717, 1.165) is 6.07 Å². The summed E-state index contributed by atoms with van der Waals surface area (Å²) in [6, 6.07) is 5.15. The fourth-order valence-corrected chi connectivity index (χ4v) is 2.14. The molecule has 0 bridgehead atoms. The Kier molecular flexibility index (Phi) is 5.13. The molecule has 1 heterocycles. The van der Waals surface area contributed by atoms with Gasteiger partial charge in [0.25, 0.3) is 0 Å². The van der Waals surface area contributed by atoms with Crippen LogP contribution in [0, 0.1) is 19.7 Å². The number of halogens is 1. The predicted molar refractivity (Wildman–Crippen MR) is 83.5 cm³/mol. The number of rotatable bonds is 5. The molecule has 1 amide bonds. The fraction of sp³-hybridized carbons (Fsp3) is 0.235. The van der Waals surface area contributed by atoms with Crippen molar-refractivity contribution in [1.29, 1.82) is 0 Å². The highest BCUT2D eigenvalue weighted by atomic mass is 19.1. The Morgan fingerprint density at radius 2 is 1.88 bits per heavy atom. The van der Waals surface area contributed by atoms with Gasteiger partial charge in [-0.3, -0.25) is 9.59 Å². The van der Waals surface area contributed by atoms with Gasteiger partial charge in [-0.15, -0.1) is 0 Å². The Morgan fingerprint density at radius 1 is 1.17 bits per heavy atom. The van der Waals surface area contributed by atoms with E-state index < -0.39 is 24.2 Å². The number of carbonyl (C=O) groups is 3. The first-order valence-electron chi connectivity index (χ1n) is 7.12. The lowest BCUT2D eigenvalue weighted by molar-refractivity contribution is -0.114. The molecule has 1 N–H and O–H groups in total. The second kappa shape index (κ2) is 7.08. The summed E-state index contributed by atoms with van der Waals surface area (Å²) in [5.41, 5.74) is 0.233. The molecular weight excluding hydrogens is 317 g/mol. The molecule has 2 rings (SSSR count). The number of amides is 1. The summed E-state index contributed by atoms with van der Waals surface area (Å²) in [7, 11) is 0. The summed E-state index contributed by atoms with van der Waals surface area (Å²) >= 11 is 0. The average Bonchev–Trinajstić information content (AvgIpc) is 2.82. The molecule has 0 aliphatic rings. The fourth-order valence-electron chi connectivity index (χ4n) is 2.14. The van der Waals surface area contributed by atoms with Gasteiger partial charge in [-0.1, -0.05) is 0 Å². The first kappa shape index (κ1) is 17.4. The molecule has 0 saturated heterocycles. The van der Waals surface area contributed by atoms with Crippen molar-refractivity contribution >= 4 is 23.3 Å². The largest absolute Gasteiger partial charge is 0.466 e. The Morgan fingerprint density at radius 3 is 2.42 bits per heavy atom. The van der Waals surface area contributed by atoms with Crippen LogP contribution in [0.1, 0.15) is 39.2 Å². The molecule has 0 atom stereocenters. The normalized spacial score (nSPS) is 10.3. The van der Waals surface area contributed by atoms with Crippen LogP contribution in [0.15, 0.2) is 28.7 Å². The van der Waals surface area contributed by atoms with Gasteiger partial charge in [0.2, 0.25) is 11.7 Å². The van der Waals surface area contributed by atoms with Crippen molar-refractivity contribution in [2.75, 3.05) is 11.9 Å². The number of ether oxygens (including phenoxy) is 1. The number of nitrogens with one attached hydrogen (secondary N) is 1. The zero-order chi connectivity index (χ0) is 17.9. The summed E-state index contributed by atoms with van der Waals surface area (Å²) < 4.78 is 24.1. The molecule has 126 valence electrons. The number of carbonyl (C=O) groups excluding carboxylic acids is 3. The van der Waals surface area contributed by atoms with E-state index >= 15 is 0 Å². The van der Waals surface area contributed by atoms with E-state index in [9.17, 15) is 18.8 Å². The van der Waals surface area contributed by atoms with Crippen LogP contribution < -0.4 is 5.32 Å². The number of anilines is 1. The van der Waals surface area contributed by atoms with Gasteiger partial charge in [-0.05, 0) is 38.1 Å². The monoisotopic (exact) mass is 333 g/mol. The van der Waals surface area contributed by atoms with Crippen molar-refractivity contribution in [3.05, 3.63) is 52.7 Å². The summed E-state index contributed by atoms with van der Waals surface area (Å²) in [5, 5.41) is 2.41. The third-order valence-electron chi connectivity index (χ3n) is 3.19. The molecule has 6 nitrogen and oxygen atoms in total. The van der Waals surface area contributed by atoms with Crippen molar-refractivity contribution in [2.24, 2.45) is 0 Å². The summed E-state index contributed by atoms with van der Waals surface area (Å²) in [6.07, 6.45) is 0. The van der Waals surface area contributed by atoms with E-state index in [0.29, 0.717) is 11.5 Å². The van der Waals surface area contributed by atoms with Gasteiger partial charge in [-0.25, -0.2) is 9.18 Å². The van der Waals surface area contributed by atoms with Gasteiger partial charge in [0, 0.05) is 12.6 Å². The molecule has 0 saturated carbocycles. The lowest BCUT2D eigenvalue weighted by Gasteiger charge is -2.07. The van der Waals surface area contributed by atoms with E-state index in [2.05, 4.69) is 5.32 Å². The zero-order valence-corrected chi connectivity index (χ0v) is 13.4. The van der Waals surface area contributed by atoms with Crippen LogP contribution in [0.3, 0.4) is 0 Å². The maximum Gasteiger partial charge on any atom is 0.342 e. The molecule has 7 heteroatoms. The number of hydrogen-bond donors (Lipinski definition) is 1. The average molecular weight is 333 g/mol. The van der Waals surface area contributed by atoms with Crippen molar-refractivity contribution in [2.45, 2.75) is 20.8 Å². The van der Waals surface area contributed by atoms with Crippen molar-refractivity contribution in [1.82, 2.24) is 0 Å². The minimum atomic E-state index is -0.808. The topological polar surface area (TPSA) is 85.6 Å². The van der Waals surface area contributed by atoms with Crippen LogP contribution in [-0.4, -0.2) is 24.3 Å². The van der Waals surface area contributed by atoms with Gasteiger partial charge in [-0.2, -0.15) is 0 Å². The molecular formula is C17H16FNO5. The smallest absolute Gasteiger partial charge is 0.342 e. The van der Waals surface area contributed by atoms with Crippen molar-refractivity contribution in [3.8, 4) is 0 Å². The van der Waals surface area contributed by atoms with Crippen LogP contribution in [0.25, 0.3) is 0 Å². The number of aryl methyl sites for hydroxylation is 2. The standard InChI is InChI=1S/C17H16FNO5/c1-9-6-14(10(2)24-9)17(22)23-8-16(21)13-5-4-12(7-15(13)18)19-11(3)20/h4-7H,8H2,1-3H3,(H,19,20). The number of furan rings is 1. The van der Waals surface area contributed by atoms with Crippen molar-refractivity contribution in [3.63, 3.8) is 0 Å². The lowest BCUT2D eigenvalue weighted by Crippen LogP contribution is -2.16. The first-order chi connectivity index (χ1) is 11.3. The third kappa shape index (κ3) is 4.07. The molecule has 0 spiro atoms. The molecule has 24 heavy (non-hydrogen) atoms. The van der Waals surface area contributed by atoms with Crippen LogP contribution in [0.4, 0.5) is 10.1 Å². The molecule has 0 unspecified atom stereocenters. The van der Waals surface area contributed by atoms with Crippen LogP contribution in [0.2, 0.25) is 0 Å². The van der Waals surface area contributed by atoms with E-state index in [1.54, 1.807) is 13.8 Å². The Labute approximate surface area is 137 Å². The molecule has 1 aromatic heterocycles. The van der Waals surface area contributed by atoms with Crippen LogP contribution >= 0.6 is 0 Å². The highest BCUT2D eigenvalue weighted by Gasteiger charge is 2.18. The maximum absolute atomic E-state index is 13.9. The van der Waals surface area contributed by atoms with E-state index in [1.807, 2.05) is 0 Å². The highest BCUT2D eigenvalue weighted by molar-refractivity contribution is 6.00.